The highest BCUT2D eigenvalue weighted by atomic mass is 16.6. The lowest BCUT2D eigenvalue weighted by Gasteiger charge is -2.42. The molecule has 0 aromatic heterocycles. The highest BCUT2D eigenvalue weighted by molar-refractivity contribution is 5.68. The molecule has 3 N–H and O–H groups in total. The van der Waals surface area contributed by atoms with Crippen LogP contribution in [0, 0.1) is 5.92 Å². The van der Waals surface area contributed by atoms with Crippen molar-refractivity contribution >= 4 is 17.5 Å². The second-order valence-electron chi connectivity index (χ2n) is 11.3. The Labute approximate surface area is 199 Å². The maximum atomic E-state index is 12.3. The van der Waals surface area contributed by atoms with Crippen molar-refractivity contribution in [1.82, 2.24) is 14.7 Å². The molecule has 1 aromatic carbocycles. The van der Waals surface area contributed by atoms with Crippen LogP contribution in [-0.2, 0) is 11.3 Å². The van der Waals surface area contributed by atoms with Crippen LogP contribution in [0.15, 0.2) is 18.2 Å². The zero-order valence-corrected chi connectivity index (χ0v) is 21.0. The zero-order chi connectivity index (χ0) is 23.6. The number of rotatable bonds is 6. The van der Waals surface area contributed by atoms with Crippen LogP contribution >= 0.6 is 0 Å². The van der Waals surface area contributed by atoms with Crippen molar-refractivity contribution in [2.24, 2.45) is 5.92 Å². The molecule has 7 nitrogen and oxygen atoms in total. The van der Waals surface area contributed by atoms with E-state index in [0.717, 1.165) is 70.0 Å². The number of piperazine rings is 1. The van der Waals surface area contributed by atoms with Gasteiger partial charge in [-0.25, -0.2) is 4.79 Å². The molecule has 1 aromatic rings. The second kappa shape index (κ2) is 10.1. The van der Waals surface area contributed by atoms with Gasteiger partial charge in [-0.15, -0.1) is 0 Å². The number of carbonyl (C=O) groups is 1. The second-order valence-corrected chi connectivity index (χ2v) is 11.3. The molecule has 4 rings (SSSR count). The van der Waals surface area contributed by atoms with Gasteiger partial charge < -0.3 is 20.7 Å². The van der Waals surface area contributed by atoms with Crippen LogP contribution in [0.2, 0.25) is 0 Å². The number of hydrogen-bond acceptors (Lipinski definition) is 6. The van der Waals surface area contributed by atoms with Crippen molar-refractivity contribution < 1.29 is 9.53 Å². The molecule has 3 fully saturated rings. The third-order valence-corrected chi connectivity index (χ3v) is 7.07. The summed E-state index contributed by atoms with van der Waals surface area (Å²) in [5.74, 6) is 0.658. The van der Waals surface area contributed by atoms with Crippen LogP contribution in [0.4, 0.5) is 16.2 Å². The van der Waals surface area contributed by atoms with Crippen molar-refractivity contribution in [3.8, 4) is 0 Å². The van der Waals surface area contributed by atoms with Crippen LogP contribution < -0.4 is 11.1 Å². The fraction of sp³-hybridized carbons (Fsp3) is 0.731. The monoisotopic (exact) mass is 457 g/mol. The molecular formula is C26H43N5O2. The lowest BCUT2D eigenvalue weighted by Crippen LogP contribution is -2.53. The number of ether oxygens (including phenoxy) is 1. The summed E-state index contributed by atoms with van der Waals surface area (Å²) in [5.41, 5.74) is 9.02. The number of likely N-dealkylation sites (tertiary alicyclic amines) is 1. The molecule has 1 atom stereocenters. The number of piperidine rings is 1. The fourth-order valence-electron chi connectivity index (χ4n) is 4.97. The van der Waals surface area contributed by atoms with Crippen molar-refractivity contribution in [2.45, 2.75) is 77.6 Å². The molecule has 0 unspecified atom stereocenters. The van der Waals surface area contributed by atoms with Crippen LogP contribution in [-0.4, -0.2) is 77.7 Å². The van der Waals surface area contributed by atoms with E-state index in [1.54, 1.807) is 0 Å². The van der Waals surface area contributed by atoms with Gasteiger partial charge in [0.15, 0.2) is 0 Å². The number of nitrogens with two attached hydrogens (primary N) is 1. The predicted molar refractivity (Wildman–Crippen MR) is 134 cm³/mol. The maximum Gasteiger partial charge on any atom is 0.410 e. The first-order chi connectivity index (χ1) is 15.7. The summed E-state index contributed by atoms with van der Waals surface area (Å²) in [7, 11) is 0. The van der Waals surface area contributed by atoms with Gasteiger partial charge in [0.05, 0.1) is 11.4 Å². The average molecular weight is 458 g/mol. The molecule has 1 aliphatic carbocycles. The van der Waals surface area contributed by atoms with E-state index in [0.29, 0.717) is 18.0 Å². The molecular weight excluding hydrogens is 414 g/mol. The number of amides is 1. The molecule has 2 aliphatic heterocycles. The summed E-state index contributed by atoms with van der Waals surface area (Å²) >= 11 is 0. The minimum absolute atomic E-state index is 0.166. The Morgan fingerprint density at radius 3 is 2.48 bits per heavy atom. The highest BCUT2D eigenvalue weighted by Crippen LogP contribution is 2.29. The van der Waals surface area contributed by atoms with Gasteiger partial charge in [0.2, 0.25) is 0 Å². The first-order valence-electron chi connectivity index (χ1n) is 12.8. The number of nitrogen functional groups attached to an aromatic ring is 1. The molecule has 0 spiro atoms. The summed E-state index contributed by atoms with van der Waals surface area (Å²) in [4.78, 5) is 19.4. The first-order valence-corrected chi connectivity index (χ1v) is 12.8. The van der Waals surface area contributed by atoms with Crippen LogP contribution in [0.5, 0.6) is 0 Å². The van der Waals surface area contributed by atoms with E-state index < -0.39 is 5.60 Å². The third kappa shape index (κ3) is 7.00. The summed E-state index contributed by atoms with van der Waals surface area (Å²) in [6.07, 6.45) is 4.47. The van der Waals surface area contributed by atoms with Gasteiger partial charge in [-0.1, -0.05) is 6.07 Å². The third-order valence-electron chi connectivity index (χ3n) is 7.07. The number of nitrogens with one attached hydrogen (secondary N) is 1. The lowest BCUT2D eigenvalue weighted by molar-refractivity contribution is 0.0133. The molecule has 184 valence electrons. The van der Waals surface area contributed by atoms with Crippen LogP contribution in [0.1, 0.15) is 58.9 Å². The Hall–Kier alpha value is -1.99. The largest absolute Gasteiger partial charge is 0.444 e. The minimum Gasteiger partial charge on any atom is -0.444 e. The molecule has 0 radical (unpaired) electrons. The number of carbonyl (C=O) groups excluding carboxylic acids is 1. The Kier molecular flexibility index (Phi) is 7.39. The van der Waals surface area contributed by atoms with E-state index in [1.807, 2.05) is 31.7 Å². The topological polar surface area (TPSA) is 74.1 Å². The quantitative estimate of drug-likeness (QED) is 0.629. The predicted octanol–water partition coefficient (Wildman–Crippen LogP) is 4.00. The van der Waals surface area contributed by atoms with Crippen molar-refractivity contribution in [3.05, 3.63) is 23.8 Å². The molecule has 0 bridgehead atoms. The average Bonchev–Trinajstić information content (AvgIpc) is 3.56. The normalized spacial score (nSPS) is 23.5. The fourth-order valence-corrected chi connectivity index (χ4v) is 4.97. The molecule has 2 heterocycles. The smallest absolute Gasteiger partial charge is 0.410 e. The molecule has 7 heteroatoms. The van der Waals surface area contributed by atoms with Crippen molar-refractivity contribution in [3.63, 3.8) is 0 Å². The molecule has 3 aliphatic rings. The maximum absolute atomic E-state index is 12.3. The first kappa shape index (κ1) is 24.1. The van der Waals surface area contributed by atoms with Gasteiger partial charge in [0.25, 0.3) is 0 Å². The van der Waals surface area contributed by atoms with Gasteiger partial charge in [0, 0.05) is 57.9 Å². The number of nitrogens with zero attached hydrogens (tertiary/aromatic N) is 3. The lowest BCUT2D eigenvalue weighted by atomic mass is 9.95. The van der Waals surface area contributed by atoms with Crippen molar-refractivity contribution in [2.75, 3.05) is 50.3 Å². The van der Waals surface area contributed by atoms with Crippen LogP contribution in [0.25, 0.3) is 0 Å². The number of anilines is 2. The van der Waals surface area contributed by atoms with Gasteiger partial charge >= 0.3 is 6.09 Å². The molecule has 33 heavy (non-hydrogen) atoms. The summed E-state index contributed by atoms with van der Waals surface area (Å²) < 4.78 is 5.54. The summed E-state index contributed by atoms with van der Waals surface area (Å²) in [6.45, 7) is 15.1. The van der Waals surface area contributed by atoms with Gasteiger partial charge in [0.1, 0.15) is 5.60 Å². The van der Waals surface area contributed by atoms with Gasteiger partial charge in [-0.3, -0.25) is 9.80 Å². The van der Waals surface area contributed by atoms with Crippen LogP contribution in [0.3, 0.4) is 0 Å². The Balaban J connectivity index is 1.21. The zero-order valence-electron chi connectivity index (χ0n) is 21.0. The Morgan fingerprint density at radius 2 is 1.85 bits per heavy atom. The summed E-state index contributed by atoms with van der Waals surface area (Å²) in [6, 6.07) is 7.61. The van der Waals surface area contributed by atoms with E-state index in [4.69, 9.17) is 10.5 Å². The molecule has 1 amide bonds. The van der Waals surface area contributed by atoms with Crippen molar-refractivity contribution in [1.29, 1.82) is 0 Å². The van der Waals surface area contributed by atoms with E-state index >= 15 is 0 Å². The van der Waals surface area contributed by atoms with Gasteiger partial charge in [-0.05, 0) is 77.0 Å². The Morgan fingerprint density at radius 1 is 1.12 bits per heavy atom. The minimum atomic E-state index is -0.426. The van der Waals surface area contributed by atoms with E-state index in [9.17, 15) is 4.79 Å². The number of hydrogen-bond donors (Lipinski definition) is 2. The van der Waals surface area contributed by atoms with Gasteiger partial charge in [-0.2, -0.15) is 0 Å². The van der Waals surface area contributed by atoms with E-state index in [-0.39, 0.29) is 6.09 Å². The molecule has 2 saturated heterocycles. The Bertz CT molecular complexity index is 811. The SMILES string of the molecule is C[C@H]1CN(Cc2ccc(N)c(NC3CC3)c2)CCN1CC1CCN(C(=O)OC(C)(C)C)CC1. The standard InChI is InChI=1S/C26H43N5O2/c1-19-16-29(17-21-5-8-23(27)24(15-21)28-22-6-7-22)13-14-31(19)18-20-9-11-30(12-10-20)25(32)33-26(2,3)4/h5,8,15,19-20,22,28H,6-7,9-14,16-18,27H2,1-4H3/t19-/m0/s1. The van der Waals surface area contributed by atoms with E-state index in [2.05, 4.69) is 34.2 Å². The van der Waals surface area contributed by atoms with E-state index in [1.165, 1.54) is 18.4 Å². The number of benzene rings is 1. The highest BCUT2D eigenvalue weighted by Gasteiger charge is 2.30. The molecule has 1 saturated carbocycles. The summed E-state index contributed by atoms with van der Waals surface area (Å²) in [5, 5.41) is 3.56.